The summed E-state index contributed by atoms with van der Waals surface area (Å²) in [7, 11) is 0. The molecule has 0 aromatic heterocycles. The van der Waals surface area contributed by atoms with Crippen LogP contribution in [-0.2, 0) is 4.79 Å². The number of thioether (sulfide) groups is 2. The van der Waals surface area contributed by atoms with Gasteiger partial charge in [-0.1, -0.05) is 0 Å². The van der Waals surface area contributed by atoms with E-state index >= 15 is 0 Å². The second-order valence-corrected chi connectivity index (χ2v) is 4.40. The summed E-state index contributed by atoms with van der Waals surface area (Å²) in [5, 5.41) is 0.0729. The van der Waals surface area contributed by atoms with E-state index in [1.807, 2.05) is 11.8 Å². The van der Waals surface area contributed by atoms with Gasteiger partial charge < -0.3 is 0 Å². The fourth-order valence-corrected chi connectivity index (χ4v) is 3.30. The third kappa shape index (κ3) is 3.55. The van der Waals surface area contributed by atoms with Crippen molar-refractivity contribution < 1.29 is 4.79 Å². The van der Waals surface area contributed by atoms with Crippen molar-refractivity contribution in [1.29, 1.82) is 0 Å². The van der Waals surface area contributed by atoms with Crippen LogP contribution in [0.1, 0.15) is 0 Å². The van der Waals surface area contributed by atoms with E-state index in [9.17, 15) is 4.79 Å². The topological polar surface area (TPSA) is 55.1 Å². The van der Waals surface area contributed by atoms with Crippen molar-refractivity contribution >= 4 is 41.8 Å². The highest BCUT2D eigenvalue weighted by atomic mass is 35.5. The lowest BCUT2D eigenvalue weighted by Crippen LogP contribution is -2.40. The molecular formula is C5H11ClN2OS2. The van der Waals surface area contributed by atoms with Crippen molar-refractivity contribution in [2.45, 2.75) is 5.25 Å². The number of halogens is 1. The van der Waals surface area contributed by atoms with Gasteiger partial charge in [-0.05, 0) is 0 Å². The monoisotopic (exact) mass is 214 g/mol. The summed E-state index contributed by atoms with van der Waals surface area (Å²) in [5.41, 5.74) is 2.16. The third-order valence-electron chi connectivity index (χ3n) is 1.25. The van der Waals surface area contributed by atoms with Crippen LogP contribution < -0.4 is 11.3 Å². The van der Waals surface area contributed by atoms with Gasteiger partial charge in [-0.2, -0.15) is 11.8 Å². The minimum absolute atomic E-state index is 0. The van der Waals surface area contributed by atoms with Crippen molar-refractivity contribution in [1.82, 2.24) is 5.43 Å². The van der Waals surface area contributed by atoms with Crippen LogP contribution in [0.4, 0.5) is 0 Å². The van der Waals surface area contributed by atoms with Crippen LogP contribution >= 0.6 is 35.9 Å². The minimum atomic E-state index is -0.0443. The smallest absolute Gasteiger partial charge is 0.247 e. The zero-order valence-corrected chi connectivity index (χ0v) is 8.36. The SMILES string of the molecule is Cl.NNC(=O)C1CSCCS1. The first-order chi connectivity index (χ1) is 4.84. The van der Waals surface area contributed by atoms with Gasteiger partial charge in [0.25, 0.3) is 0 Å². The second kappa shape index (κ2) is 5.99. The molecule has 1 rings (SSSR count). The summed E-state index contributed by atoms with van der Waals surface area (Å²) in [5.74, 6) is 8.04. The molecule has 0 spiro atoms. The van der Waals surface area contributed by atoms with E-state index in [0.717, 1.165) is 17.3 Å². The number of hydrogen-bond acceptors (Lipinski definition) is 4. The molecule has 0 aliphatic carbocycles. The number of hydrogen-bond donors (Lipinski definition) is 2. The molecule has 1 aliphatic heterocycles. The van der Waals surface area contributed by atoms with E-state index in [0.29, 0.717) is 0 Å². The zero-order chi connectivity index (χ0) is 7.40. The highest BCUT2D eigenvalue weighted by molar-refractivity contribution is 8.07. The van der Waals surface area contributed by atoms with Crippen LogP contribution in [0.5, 0.6) is 0 Å². The first-order valence-corrected chi connectivity index (χ1v) is 5.24. The largest absolute Gasteiger partial charge is 0.293 e. The molecule has 1 atom stereocenters. The number of rotatable bonds is 1. The summed E-state index contributed by atoms with van der Waals surface area (Å²) >= 11 is 3.49. The first-order valence-electron chi connectivity index (χ1n) is 3.04. The van der Waals surface area contributed by atoms with Gasteiger partial charge in [-0.3, -0.25) is 10.2 Å². The van der Waals surface area contributed by atoms with Gasteiger partial charge in [0.2, 0.25) is 5.91 Å². The van der Waals surface area contributed by atoms with Crippen molar-refractivity contribution in [3.63, 3.8) is 0 Å². The zero-order valence-electron chi connectivity index (χ0n) is 5.91. The van der Waals surface area contributed by atoms with Crippen molar-refractivity contribution in [3.8, 4) is 0 Å². The van der Waals surface area contributed by atoms with Gasteiger partial charge in [-0.25, -0.2) is 5.84 Å². The number of amides is 1. The highest BCUT2D eigenvalue weighted by Gasteiger charge is 2.20. The molecule has 1 unspecified atom stereocenters. The van der Waals surface area contributed by atoms with Gasteiger partial charge in [0.15, 0.2) is 0 Å². The van der Waals surface area contributed by atoms with Gasteiger partial charge in [0.1, 0.15) is 0 Å². The predicted molar refractivity (Wildman–Crippen MR) is 53.1 cm³/mol. The van der Waals surface area contributed by atoms with Crippen LogP contribution in [-0.4, -0.2) is 28.4 Å². The molecular weight excluding hydrogens is 204 g/mol. The molecule has 3 nitrogen and oxygen atoms in total. The normalized spacial score (nSPS) is 23.5. The van der Waals surface area contributed by atoms with Gasteiger partial charge >= 0.3 is 0 Å². The van der Waals surface area contributed by atoms with E-state index in [1.165, 1.54) is 0 Å². The Labute approximate surface area is 80.6 Å². The highest BCUT2D eigenvalue weighted by Crippen LogP contribution is 2.23. The fourth-order valence-electron chi connectivity index (χ4n) is 0.732. The van der Waals surface area contributed by atoms with Crippen molar-refractivity contribution in [3.05, 3.63) is 0 Å². The van der Waals surface area contributed by atoms with E-state index in [-0.39, 0.29) is 23.6 Å². The Kier molecular flexibility index (Phi) is 6.22. The lowest BCUT2D eigenvalue weighted by molar-refractivity contribution is -0.120. The Morgan fingerprint density at radius 2 is 2.27 bits per heavy atom. The molecule has 66 valence electrons. The minimum Gasteiger partial charge on any atom is -0.293 e. The summed E-state index contributed by atoms with van der Waals surface area (Å²) in [6.45, 7) is 0. The molecule has 11 heavy (non-hydrogen) atoms. The molecule has 1 saturated heterocycles. The predicted octanol–water partition coefficient (Wildman–Crippen LogP) is 0.247. The average molecular weight is 215 g/mol. The van der Waals surface area contributed by atoms with E-state index in [4.69, 9.17) is 5.84 Å². The standard InChI is InChI=1S/C5H10N2OS2.ClH/c6-7-5(8)4-3-9-1-2-10-4;/h4H,1-3,6H2,(H,7,8);1H. The Bertz CT molecular complexity index is 130. The lowest BCUT2D eigenvalue weighted by Gasteiger charge is -2.18. The number of carbonyl (C=O) groups is 1. The maximum absolute atomic E-state index is 10.9. The number of carbonyl (C=O) groups excluding carboxylic acids is 1. The molecule has 0 bridgehead atoms. The molecule has 3 N–H and O–H groups in total. The first kappa shape index (κ1) is 11.4. The molecule has 0 aromatic carbocycles. The Morgan fingerprint density at radius 1 is 1.55 bits per heavy atom. The summed E-state index contributed by atoms with van der Waals surface area (Å²) in [4.78, 5) is 10.9. The maximum Gasteiger partial charge on any atom is 0.247 e. The second-order valence-electron chi connectivity index (χ2n) is 1.94. The lowest BCUT2D eigenvalue weighted by atomic mass is 10.4. The summed E-state index contributed by atoms with van der Waals surface area (Å²) in [6.07, 6.45) is 0. The molecule has 0 radical (unpaired) electrons. The quantitative estimate of drug-likeness (QED) is 0.373. The Morgan fingerprint density at radius 3 is 2.73 bits per heavy atom. The molecule has 1 amide bonds. The molecule has 1 aliphatic rings. The summed E-state index contributed by atoms with van der Waals surface area (Å²) < 4.78 is 0. The van der Waals surface area contributed by atoms with Gasteiger partial charge in [0.05, 0.1) is 5.25 Å². The van der Waals surface area contributed by atoms with Gasteiger partial charge in [0, 0.05) is 17.3 Å². The van der Waals surface area contributed by atoms with E-state index in [2.05, 4.69) is 5.43 Å². The number of nitrogens with one attached hydrogen (secondary N) is 1. The molecule has 0 saturated carbocycles. The van der Waals surface area contributed by atoms with Crippen LogP contribution in [0.2, 0.25) is 0 Å². The Hall–Kier alpha value is 0.420. The average Bonchev–Trinajstić information content (AvgIpc) is 2.05. The van der Waals surface area contributed by atoms with Crippen molar-refractivity contribution in [2.24, 2.45) is 5.84 Å². The van der Waals surface area contributed by atoms with E-state index in [1.54, 1.807) is 11.8 Å². The van der Waals surface area contributed by atoms with Gasteiger partial charge in [-0.15, -0.1) is 24.2 Å². The molecule has 0 aromatic rings. The van der Waals surface area contributed by atoms with Crippen LogP contribution in [0.15, 0.2) is 0 Å². The fraction of sp³-hybridized carbons (Fsp3) is 0.800. The number of hydrazine groups is 1. The van der Waals surface area contributed by atoms with Crippen LogP contribution in [0.25, 0.3) is 0 Å². The third-order valence-corrected chi connectivity index (χ3v) is 4.00. The van der Waals surface area contributed by atoms with E-state index < -0.39 is 0 Å². The summed E-state index contributed by atoms with van der Waals surface area (Å²) in [6, 6.07) is 0. The van der Waals surface area contributed by atoms with Crippen LogP contribution in [0, 0.1) is 0 Å². The molecule has 1 fully saturated rings. The van der Waals surface area contributed by atoms with Crippen molar-refractivity contribution in [2.75, 3.05) is 17.3 Å². The van der Waals surface area contributed by atoms with Crippen LogP contribution in [0.3, 0.4) is 0 Å². The maximum atomic E-state index is 10.9. The Balaban J connectivity index is 0.000001000. The molecule has 6 heteroatoms. The number of nitrogens with two attached hydrogens (primary N) is 1. The molecule has 1 heterocycles.